The quantitative estimate of drug-likeness (QED) is 0.513. The molecule has 0 heterocycles. The lowest BCUT2D eigenvalue weighted by Crippen LogP contribution is -2.30. The molecule has 0 saturated heterocycles. The fourth-order valence-corrected chi connectivity index (χ4v) is 3.32. The second-order valence-electron chi connectivity index (χ2n) is 7.55. The molecule has 0 unspecified atom stereocenters. The molecule has 0 aromatic heterocycles. The molecule has 1 amide bonds. The lowest BCUT2D eigenvalue weighted by molar-refractivity contribution is -0.140. The van der Waals surface area contributed by atoms with Gasteiger partial charge in [0.15, 0.2) is 0 Å². The highest BCUT2D eigenvalue weighted by atomic mass is 19.4. The molecule has 2 aromatic rings. The van der Waals surface area contributed by atoms with Crippen molar-refractivity contribution in [2.24, 2.45) is 0 Å². The Morgan fingerprint density at radius 1 is 0.970 bits per heavy atom. The van der Waals surface area contributed by atoms with Gasteiger partial charge < -0.3 is 14.4 Å². The Hall–Kier alpha value is -3.36. The summed E-state index contributed by atoms with van der Waals surface area (Å²) in [5.41, 5.74) is 0.847. The molecule has 0 aliphatic rings. The van der Waals surface area contributed by atoms with Crippen LogP contribution < -0.4 is 4.74 Å². The number of rotatable bonds is 9. The normalized spacial score (nSPS) is 11.1. The lowest BCUT2D eigenvalue weighted by atomic mass is 9.94. The van der Waals surface area contributed by atoms with Crippen LogP contribution in [0.15, 0.2) is 36.4 Å². The number of hydrogen-bond acceptors (Lipinski definition) is 5. The first kappa shape index (κ1) is 25.9. The first-order valence-corrected chi connectivity index (χ1v) is 10.2. The Labute approximate surface area is 190 Å². The van der Waals surface area contributed by atoms with Crippen molar-refractivity contribution < 1.29 is 37.0 Å². The van der Waals surface area contributed by atoms with E-state index in [0.717, 1.165) is 12.1 Å². The van der Waals surface area contributed by atoms with Crippen LogP contribution in [0.2, 0.25) is 0 Å². The molecule has 0 saturated carbocycles. The largest absolute Gasteiger partial charge is 0.496 e. The number of Topliss-reactive ketones (excluding diaryl/α,β-unsaturated/α-hetero) is 1. The van der Waals surface area contributed by atoms with Crippen LogP contribution >= 0.6 is 0 Å². The Bertz CT molecular complexity index is 1030. The number of esters is 1. The maximum atomic E-state index is 13.4. The third-order valence-electron chi connectivity index (χ3n) is 5.10. The number of ether oxygens (including phenoxy) is 2. The van der Waals surface area contributed by atoms with Crippen LogP contribution in [0.3, 0.4) is 0 Å². The van der Waals surface area contributed by atoms with Gasteiger partial charge in [-0.05, 0) is 47.9 Å². The molecule has 0 atom stereocenters. The third-order valence-corrected chi connectivity index (χ3v) is 5.10. The second kappa shape index (κ2) is 11.0. The molecule has 9 heteroatoms. The number of hydrogen-bond donors (Lipinski definition) is 0. The molecule has 2 aromatic carbocycles. The topological polar surface area (TPSA) is 72.9 Å². The van der Waals surface area contributed by atoms with E-state index in [1.807, 2.05) is 0 Å². The van der Waals surface area contributed by atoms with Crippen molar-refractivity contribution in [3.05, 3.63) is 53.1 Å². The lowest BCUT2D eigenvalue weighted by Gasteiger charge is -2.24. The van der Waals surface area contributed by atoms with Crippen molar-refractivity contribution in [3.63, 3.8) is 0 Å². The second-order valence-corrected chi connectivity index (χ2v) is 7.55. The average Bonchev–Trinajstić information content (AvgIpc) is 2.75. The van der Waals surface area contributed by atoms with Crippen LogP contribution in [0, 0.1) is 0 Å². The Morgan fingerprint density at radius 3 is 2.21 bits per heavy atom. The molecule has 0 fully saturated rings. The summed E-state index contributed by atoms with van der Waals surface area (Å²) in [7, 11) is 2.69. The number of carbonyl (C=O) groups is 3. The van der Waals surface area contributed by atoms with E-state index < -0.39 is 17.7 Å². The zero-order chi connectivity index (χ0) is 24.8. The van der Waals surface area contributed by atoms with Gasteiger partial charge in [0.05, 0.1) is 26.2 Å². The Morgan fingerprint density at radius 2 is 1.67 bits per heavy atom. The number of halogens is 3. The molecule has 0 aliphatic heterocycles. The smallest absolute Gasteiger partial charge is 0.416 e. The van der Waals surface area contributed by atoms with E-state index in [-0.39, 0.29) is 43.2 Å². The van der Waals surface area contributed by atoms with E-state index in [1.54, 1.807) is 18.2 Å². The van der Waals surface area contributed by atoms with Gasteiger partial charge in [-0.3, -0.25) is 14.4 Å². The average molecular weight is 465 g/mol. The SMILES string of the molecule is COC(=O)Cc1ccc(OC)c(-c2ccc(C(F)(F)F)cc2CN(CCC(C)=O)C(C)=O)c1. The maximum Gasteiger partial charge on any atom is 0.416 e. The monoisotopic (exact) mass is 465 g/mol. The summed E-state index contributed by atoms with van der Waals surface area (Å²) in [5, 5.41) is 0. The van der Waals surface area contributed by atoms with Crippen molar-refractivity contribution in [2.45, 2.75) is 39.4 Å². The fourth-order valence-electron chi connectivity index (χ4n) is 3.32. The first-order valence-electron chi connectivity index (χ1n) is 10.2. The molecule has 0 radical (unpaired) electrons. The molecule has 0 N–H and O–H groups in total. The highest BCUT2D eigenvalue weighted by Crippen LogP contribution is 2.38. The number of amides is 1. The summed E-state index contributed by atoms with van der Waals surface area (Å²) < 4.78 is 50.4. The van der Waals surface area contributed by atoms with E-state index in [4.69, 9.17) is 9.47 Å². The van der Waals surface area contributed by atoms with Crippen LogP contribution in [0.1, 0.15) is 37.0 Å². The summed E-state index contributed by atoms with van der Waals surface area (Å²) in [6.07, 6.45) is -4.52. The number of benzene rings is 2. The number of nitrogens with zero attached hydrogens (tertiary/aromatic N) is 1. The van der Waals surface area contributed by atoms with Crippen molar-refractivity contribution in [1.82, 2.24) is 4.90 Å². The third kappa shape index (κ3) is 7.06. The Kier molecular flexibility index (Phi) is 8.62. The van der Waals surface area contributed by atoms with Gasteiger partial charge in [0.2, 0.25) is 5.91 Å². The number of carbonyl (C=O) groups excluding carboxylic acids is 3. The first-order chi connectivity index (χ1) is 15.5. The van der Waals surface area contributed by atoms with E-state index >= 15 is 0 Å². The van der Waals surface area contributed by atoms with Crippen LogP contribution in [0.4, 0.5) is 13.2 Å². The van der Waals surface area contributed by atoms with E-state index in [2.05, 4.69) is 0 Å². The molecule has 0 aliphatic carbocycles. The minimum atomic E-state index is -4.58. The molecule has 6 nitrogen and oxygen atoms in total. The Balaban J connectivity index is 2.62. The van der Waals surface area contributed by atoms with Crippen molar-refractivity contribution >= 4 is 17.7 Å². The van der Waals surface area contributed by atoms with Gasteiger partial charge in [-0.2, -0.15) is 13.2 Å². The zero-order valence-electron chi connectivity index (χ0n) is 18.9. The van der Waals surface area contributed by atoms with Crippen molar-refractivity contribution in [3.8, 4) is 16.9 Å². The van der Waals surface area contributed by atoms with Gasteiger partial charge in [-0.1, -0.05) is 12.1 Å². The summed E-state index contributed by atoms with van der Waals surface area (Å²) in [5.74, 6) is -0.581. The minimum absolute atomic E-state index is 0.0261. The van der Waals surface area contributed by atoms with Crippen molar-refractivity contribution in [2.75, 3.05) is 20.8 Å². The molecular formula is C24H26F3NO5. The van der Waals surface area contributed by atoms with Gasteiger partial charge in [0, 0.05) is 32.0 Å². The van der Waals surface area contributed by atoms with Gasteiger partial charge in [0.1, 0.15) is 11.5 Å². The summed E-state index contributed by atoms with van der Waals surface area (Å²) in [4.78, 5) is 36.6. The highest BCUT2D eigenvalue weighted by Gasteiger charge is 2.31. The van der Waals surface area contributed by atoms with E-state index in [9.17, 15) is 27.6 Å². The summed E-state index contributed by atoms with van der Waals surface area (Å²) in [6, 6.07) is 8.20. The fraction of sp³-hybridized carbons (Fsp3) is 0.375. The van der Waals surface area contributed by atoms with Gasteiger partial charge >= 0.3 is 12.1 Å². The predicted molar refractivity (Wildman–Crippen MR) is 116 cm³/mol. The van der Waals surface area contributed by atoms with E-state index in [1.165, 1.54) is 39.0 Å². The van der Waals surface area contributed by atoms with Gasteiger partial charge in [0.25, 0.3) is 0 Å². The van der Waals surface area contributed by atoms with Crippen molar-refractivity contribution in [1.29, 1.82) is 0 Å². The van der Waals surface area contributed by atoms with Crippen LogP contribution in [-0.2, 0) is 38.3 Å². The minimum Gasteiger partial charge on any atom is -0.496 e. The molecule has 0 spiro atoms. The van der Waals surface area contributed by atoms with E-state index in [0.29, 0.717) is 22.4 Å². The maximum absolute atomic E-state index is 13.4. The molecule has 2 rings (SSSR count). The molecule has 33 heavy (non-hydrogen) atoms. The summed E-state index contributed by atoms with van der Waals surface area (Å²) >= 11 is 0. The molecule has 178 valence electrons. The van der Waals surface area contributed by atoms with Gasteiger partial charge in [-0.15, -0.1) is 0 Å². The van der Waals surface area contributed by atoms with Crippen LogP contribution in [0.25, 0.3) is 11.1 Å². The van der Waals surface area contributed by atoms with Crippen LogP contribution in [-0.4, -0.2) is 43.3 Å². The summed E-state index contributed by atoms with van der Waals surface area (Å²) in [6.45, 7) is 2.63. The number of ketones is 1. The number of methoxy groups -OCH3 is 2. The standard InChI is InChI=1S/C24H26F3NO5/c1-15(29)9-10-28(16(2)30)14-18-13-19(24(25,26)27)6-7-20(18)21-11-17(12-23(31)33-4)5-8-22(21)32-3/h5-8,11,13H,9-10,12,14H2,1-4H3. The van der Waals surface area contributed by atoms with Crippen LogP contribution in [0.5, 0.6) is 5.75 Å². The number of alkyl halides is 3. The molecule has 0 bridgehead atoms. The highest BCUT2D eigenvalue weighted by molar-refractivity contribution is 5.79. The predicted octanol–water partition coefficient (Wildman–Crippen LogP) is 4.42. The molecular weight excluding hydrogens is 439 g/mol. The zero-order valence-corrected chi connectivity index (χ0v) is 18.9. The van der Waals surface area contributed by atoms with Gasteiger partial charge in [-0.25, -0.2) is 0 Å².